The number of Topliss-reactive ketones (excluding diaryl/α,β-unsaturated/α-hetero) is 2. The van der Waals surface area contributed by atoms with Gasteiger partial charge in [-0.2, -0.15) is 38.5 Å². The summed E-state index contributed by atoms with van der Waals surface area (Å²) in [6.45, 7) is 8.79. The second-order valence-corrected chi connectivity index (χ2v) is 33.6. The van der Waals surface area contributed by atoms with Crippen molar-refractivity contribution in [3.05, 3.63) is 250 Å². The highest BCUT2D eigenvalue weighted by Gasteiger charge is 2.57. The van der Waals surface area contributed by atoms with Gasteiger partial charge < -0.3 is 0 Å². The molecule has 18 rings (SSSR count). The predicted molar refractivity (Wildman–Crippen MR) is 387 cm³/mol. The Morgan fingerprint density at radius 2 is 0.745 bits per heavy atom. The molecule has 94 heavy (non-hydrogen) atoms. The Kier molecular flexibility index (Phi) is 12.8. The van der Waals surface area contributed by atoms with E-state index in [1.807, 2.05) is 117 Å². The zero-order chi connectivity index (χ0) is 63.8. The number of allylic oxidation sites excluding steroid dienone is 6. The Morgan fingerprint density at radius 1 is 0.394 bits per heavy atom. The number of thiophene rings is 8. The van der Waals surface area contributed by atoms with Gasteiger partial charge >= 0.3 is 0 Å². The van der Waals surface area contributed by atoms with Crippen LogP contribution in [0.3, 0.4) is 0 Å². The van der Waals surface area contributed by atoms with E-state index in [2.05, 4.69) is 100 Å². The number of hydrogen-bond acceptors (Lipinski definition) is 20. The van der Waals surface area contributed by atoms with Crippen molar-refractivity contribution in [3.8, 4) is 64.7 Å². The number of carbonyl (C=O) groups excluding carboxylic acids is 2. The van der Waals surface area contributed by atoms with Gasteiger partial charge in [-0.3, -0.25) is 9.59 Å². The lowest BCUT2D eigenvalue weighted by atomic mass is 9.74. The summed E-state index contributed by atoms with van der Waals surface area (Å²) in [5, 5.41) is 40.5. The molecule has 20 heteroatoms. The number of fused-ring (bicyclic) bond motifs is 13. The summed E-state index contributed by atoms with van der Waals surface area (Å²) in [5.41, 5.74) is 12.6. The van der Waals surface area contributed by atoms with E-state index in [1.165, 1.54) is 90.2 Å². The largest absolute Gasteiger partial charge is 0.289 e. The van der Waals surface area contributed by atoms with E-state index < -0.39 is 10.8 Å². The van der Waals surface area contributed by atoms with Gasteiger partial charge in [-0.25, -0.2) is 0 Å². The molecule has 0 saturated carbocycles. The van der Waals surface area contributed by atoms with Crippen LogP contribution >= 0.6 is 114 Å². The van der Waals surface area contributed by atoms with E-state index in [4.69, 9.17) is 17.5 Å². The topological polar surface area (TPSA) is 181 Å². The molecule has 14 aromatic rings. The molecule has 0 spiro atoms. The molecule has 0 saturated heterocycles. The number of carbonyl (C=O) groups is 2. The van der Waals surface area contributed by atoms with Crippen molar-refractivity contribution in [3.63, 3.8) is 0 Å². The number of ketones is 2. The van der Waals surface area contributed by atoms with E-state index in [1.54, 1.807) is 71.2 Å². The molecule has 10 heterocycles. The van der Waals surface area contributed by atoms with Crippen LogP contribution in [0.4, 0.5) is 0 Å². The number of benzene rings is 4. The molecule has 0 bridgehead atoms. The summed E-state index contributed by atoms with van der Waals surface area (Å²) in [4.78, 5) is 45.3. The van der Waals surface area contributed by atoms with Gasteiger partial charge in [0.25, 0.3) is 0 Å². The molecule has 0 radical (unpaired) electrons. The first kappa shape index (κ1) is 57.3. The summed E-state index contributed by atoms with van der Waals surface area (Å²) in [6, 6.07) is 53.8. The number of hydrogen-bond donors (Lipinski definition) is 0. The quantitative estimate of drug-likeness (QED) is 0.105. The van der Waals surface area contributed by atoms with Crippen LogP contribution in [0.25, 0.3) is 95.2 Å². The summed E-state index contributed by atoms with van der Waals surface area (Å²) >= 11 is 17.1. The molecule has 4 aliphatic carbocycles. The molecule has 0 aliphatic heterocycles. The maximum Gasteiger partial charge on any atom is 0.194 e. The molecular weight excluding hydrogens is 1350 g/mol. The van der Waals surface area contributed by atoms with E-state index in [-0.39, 0.29) is 33.9 Å². The number of rotatable bonds is 8. The van der Waals surface area contributed by atoms with Gasteiger partial charge in [-0.15, -0.1) is 90.7 Å². The summed E-state index contributed by atoms with van der Waals surface area (Å²) in [7, 11) is 0. The minimum atomic E-state index is -0.684. The number of nitrogens with zero attached hydrogens (tertiary/aromatic N) is 8. The van der Waals surface area contributed by atoms with Crippen LogP contribution in [-0.2, 0) is 10.8 Å². The Balaban J connectivity index is 0.845. The fourth-order valence-corrected chi connectivity index (χ4v) is 25.9. The first-order chi connectivity index (χ1) is 45.9. The molecule has 4 aliphatic rings. The maximum atomic E-state index is 14.2. The molecule has 10 nitrogen and oxygen atoms in total. The van der Waals surface area contributed by atoms with Crippen molar-refractivity contribution in [2.45, 2.75) is 38.5 Å². The van der Waals surface area contributed by atoms with E-state index >= 15 is 0 Å². The fraction of sp³-hybridized carbons (Fsp3) is 0.0811. The van der Waals surface area contributed by atoms with E-state index in [0.29, 0.717) is 66.6 Å². The number of nitriles is 4. The average Bonchev–Trinajstić information content (AvgIpc) is 1.48. The van der Waals surface area contributed by atoms with Crippen LogP contribution in [0.5, 0.6) is 0 Å². The zero-order valence-electron chi connectivity index (χ0n) is 49.3. The van der Waals surface area contributed by atoms with Crippen molar-refractivity contribution < 1.29 is 9.59 Å². The highest BCUT2D eigenvalue weighted by atomic mass is 32.1. The van der Waals surface area contributed by atoms with Crippen LogP contribution in [0.15, 0.2) is 156 Å². The molecule has 0 amide bonds. The lowest BCUT2D eigenvalue weighted by Crippen LogP contribution is -2.26. The lowest BCUT2D eigenvalue weighted by Gasteiger charge is -2.30. The minimum absolute atomic E-state index is 0.121. The van der Waals surface area contributed by atoms with Crippen molar-refractivity contribution >= 4 is 180 Å². The van der Waals surface area contributed by atoms with Crippen LogP contribution < -0.4 is 0 Å². The number of aryl methyl sites for hydroxylation is 4. The van der Waals surface area contributed by atoms with Crippen LogP contribution in [0.1, 0.15) is 104 Å². The monoisotopic (exact) mass is 1390 g/mol. The summed E-state index contributed by atoms with van der Waals surface area (Å²) in [5.74, 6) is -0.498. The van der Waals surface area contributed by atoms with Gasteiger partial charge in [0.15, 0.2) is 11.6 Å². The third kappa shape index (κ3) is 7.75. The van der Waals surface area contributed by atoms with Gasteiger partial charge in [0.1, 0.15) is 57.5 Å². The first-order valence-electron chi connectivity index (χ1n) is 29.4. The Hall–Kier alpha value is -9.36. The van der Waals surface area contributed by atoms with Gasteiger partial charge in [-0.1, -0.05) is 72.8 Å². The highest BCUT2D eigenvalue weighted by Crippen LogP contribution is 2.72. The Bertz CT molecular complexity index is 5640. The molecule has 0 N–H and O–H groups in total. The van der Waals surface area contributed by atoms with Gasteiger partial charge in [0.05, 0.1) is 63.2 Å². The van der Waals surface area contributed by atoms with Gasteiger partial charge in [0.2, 0.25) is 0 Å². The molecule has 0 atom stereocenters. The van der Waals surface area contributed by atoms with Crippen LogP contribution in [-0.4, -0.2) is 29.1 Å². The SMILES string of the molecule is Cc1ccc(C2(c3ccc(C)s3)c3cc(-c4ccc(C=C5C(=O)c6ccccc6C5=C(C#N)C#N)c5nsnc45)sc3-c3sc4c5c(sc4c32)-c2sc(-c3ccc(C=C4C(=O)c6ccccc6C4=C(C#N)C#N)c4nsnc34)cc2C5(c2ccc(C)s2)c2ccc(C)s2)s1. The molecule has 4 aromatic carbocycles. The standard InChI is InChI=1S/C74H36N8O2S10/c1-33-13-21-53(85-33)73(54-22-14-34(2)86-54)49-27-51(45-19-17-37(61-63(45)81-93-79-61)25-47-57(39(29-75)30-76)41-9-5-7-11-43(41)65(47)83)89-67(49)69-59(73)71-72(91-69)60-70(92-71)68-50(74(60,55-23-15-35(3)87-55)56-24-16-36(4)88-56)28-52(90-68)46-20-18-38(62-64(46)82-94-80-62)26-48-58(40(31-77)32-78)42-10-6-8-12-44(42)66(48)84/h5-28H,1-4H3. The number of aromatic nitrogens is 4. The second kappa shape index (κ2) is 21.1. The summed E-state index contributed by atoms with van der Waals surface area (Å²) < 4.78 is 22.3. The third-order valence-electron chi connectivity index (χ3n) is 18.3. The Labute approximate surface area is 576 Å². The summed E-state index contributed by atoms with van der Waals surface area (Å²) in [6.07, 6.45) is 3.54. The predicted octanol–water partition coefficient (Wildman–Crippen LogP) is 20.8. The van der Waals surface area contributed by atoms with E-state index in [9.17, 15) is 30.6 Å². The minimum Gasteiger partial charge on any atom is -0.289 e. The van der Waals surface area contributed by atoms with E-state index in [0.717, 1.165) is 44.3 Å². The van der Waals surface area contributed by atoms with Crippen molar-refractivity contribution in [2.75, 3.05) is 0 Å². The first-order valence-corrected chi connectivity index (χ1v) is 37.4. The average molecular weight is 1390 g/mol. The fourth-order valence-electron chi connectivity index (χ4n) is 14.4. The highest BCUT2D eigenvalue weighted by molar-refractivity contribution is 7.35. The van der Waals surface area contributed by atoms with Crippen molar-refractivity contribution in [2.24, 2.45) is 0 Å². The third-order valence-corrected chi connectivity index (χ3v) is 29.0. The maximum absolute atomic E-state index is 14.2. The van der Waals surface area contributed by atoms with Crippen molar-refractivity contribution in [1.29, 1.82) is 21.0 Å². The lowest BCUT2D eigenvalue weighted by molar-refractivity contribution is 0.103. The smallest absolute Gasteiger partial charge is 0.194 e. The normalized spacial score (nSPS) is 15.4. The molecule has 444 valence electrons. The van der Waals surface area contributed by atoms with Gasteiger partial charge in [0, 0.05) is 116 Å². The second-order valence-electron chi connectivity index (χ2n) is 23.3. The molecule has 0 unspecified atom stereocenters. The van der Waals surface area contributed by atoms with Crippen molar-refractivity contribution in [1.82, 2.24) is 17.5 Å². The van der Waals surface area contributed by atoms with Crippen LogP contribution in [0, 0.1) is 73.0 Å². The Morgan fingerprint density at radius 3 is 1.09 bits per heavy atom. The van der Waals surface area contributed by atoms with Gasteiger partial charge in [-0.05, 0) is 123 Å². The van der Waals surface area contributed by atoms with Crippen LogP contribution in [0.2, 0.25) is 0 Å². The zero-order valence-corrected chi connectivity index (χ0v) is 57.5. The molecule has 0 fully saturated rings. The molecule has 10 aromatic heterocycles. The molecular formula is C74H36N8O2S10.